The van der Waals surface area contributed by atoms with Crippen molar-refractivity contribution >= 4 is 11.6 Å². The lowest BCUT2D eigenvalue weighted by atomic mass is 9.98. The van der Waals surface area contributed by atoms with Gasteiger partial charge in [-0.15, -0.1) is 0 Å². The first kappa shape index (κ1) is 13.9. The minimum absolute atomic E-state index is 0.0990. The summed E-state index contributed by atoms with van der Waals surface area (Å²) in [6.45, 7) is 8.80. The number of amides is 1. The van der Waals surface area contributed by atoms with Gasteiger partial charge in [0.15, 0.2) is 0 Å². The van der Waals surface area contributed by atoms with Crippen molar-refractivity contribution in [2.24, 2.45) is 5.92 Å². The van der Waals surface area contributed by atoms with Gasteiger partial charge in [-0.3, -0.25) is 4.79 Å². The smallest absolute Gasteiger partial charge is 0.230 e. The van der Waals surface area contributed by atoms with Gasteiger partial charge in [0.2, 0.25) is 5.91 Å². The van der Waals surface area contributed by atoms with Gasteiger partial charge in [0.05, 0.1) is 12.2 Å². The summed E-state index contributed by atoms with van der Waals surface area (Å²) in [4.78, 5) is 14.6. The maximum Gasteiger partial charge on any atom is 0.230 e. The predicted octanol–water partition coefficient (Wildman–Crippen LogP) is 3.63. The van der Waals surface area contributed by atoms with Gasteiger partial charge < -0.3 is 9.64 Å². The van der Waals surface area contributed by atoms with Crippen LogP contribution in [-0.2, 0) is 4.79 Å². The highest BCUT2D eigenvalue weighted by Gasteiger charge is 2.36. The van der Waals surface area contributed by atoms with Crippen LogP contribution in [0.2, 0.25) is 0 Å². The molecule has 0 spiro atoms. The Morgan fingerprint density at radius 1 is 1.32 bits per heavy atom. The summed E-state index contributed by atoms with van der Waals surface area (Å²) in [7, 11) is 0. The molecule has 0 aliphatic carbocycles. The maximum atomic E-state index is 12.7. The highest BCUT2D eigenvalue weighted by molar-refractivity contribution is 5.97. The van der Waals surface area contributed by atoms with Gasteiger partial charge in [0.1, 0.15) is 11.4 Å². The van der Waals surface area contributed by atoms with E-state index in [4.69, 9.17) is 4.74 Å². The maximum absolute atomic E-state index is 12.7. The molecule has 0 saturated carbocycles. The Kier molecular flexibility index (Phi) is 3.83. The number of anilines is 1. The van der Waals surface area contributed by atoms with Crippen LogP contribution in [0.3, 0.4) is 0 Å². The van der Waals surface area contributed by atoms with Crippen LogP contribution in [0.1, 0.15) is 40.5 Å². The van der Waals surface area contributed by atoms with Crippen LogP contribution in [0.15, 0.2) is 24.3 Å². The van der Waals surface area contributed by atoms with Gasteiger partial charge in [0.25, 0.3) is 0 Å². The fraction of sp³-hybridized carbons (Fsp3) is 0.562. The third-order valence-corrected chi connectivity index (χ3v) is 3.68. The zero-order chi connectivity index (χ0) is 14.0. The summed E-state index contributed by atoms with van der Waals surface area (Å²) < 4.78 is 5.95. The molecule has 0 saturated heterocycles. The molecule has 0 bridgehead atoms. The molecule has 1 aliphatic heterocycles. The lowest BCUT2D eigenvalue weighted by molar-refractivity contribution is -0.123. The fourth-order valence-corrected chi connectivity index (χ4v) is 2.62. The van der Waals surface area contributed by atoms with E-state index in [0.717, 1.165) is 24.3 Å². The summed E-state index contributed by atoms with van der Waals surface area (Å²) in [5, 5.41) is 0. The average molecular weight is 261 g/mol. The normalized spacial score (nSPS) is 17.0. The largest absolute Gasteiger partial charge is 0.484 e. The Balaban J connectivity index is 2.37. The summed E-state index contributed by atoms with van der Waals surface area (Å²) in [6, 6.07) is 7.79. The van der Waals surface area contributed by atoms with Crippen molar-refractivity contribution in [3.8, 4) is 5.75 Å². The molecular formula is C16H23NO2. The zero-order valence-electron chi connectivity index (χ0n) is 12.3. The van der Waals surface area contributed by atoms with E-state index in [2.05, 4.69) is 13.8 Å². The number of carbonyl (C=O) groups excluding carboxylic acids is 1. The molecule has 1 aromatic carbocycles. The van der Waals surface area contributed by atoms with Crippen LogP contribution in [0, 0.1) is 5.92 Å². The standard InChI is InChI=1S/C16H23NO2/c1-5-12(6-2)15(18)17-11-16(3,4)19-14-10-8-7-9-13(14)17/h7-10,12H,5-6,11H2,1-4H3. The minimum Gasteiger partial charge on any atom is -0.484 e. The molecule has 1 amide bonds. The molecule has 1 heterocycles. The summed E-state index contributed by atoms with van der Waals surface area (Å²) in [5.41, 5.74) is 0.564. The number of para-hydroxylation sites is 2. The molecule has 0 N–H and O–H groups in total. The summed E-state index contributed by atoms with van der Waals surface area (Å²) >= 11 is 0. The Labute approximate surface area is 115 Å². The van der Waals surface area contributed by atoms with E-state index in [0.29, 0.717) is 6.54 Å². The van der Waals surface area contributed by atoms with Crippen molar-refractivity contribution in [1.29, 1.82) is 0 Å². The first-order valence-corrected chi connectivity index (χ1v) is 7.08. The zero-order valence-corrected chi connectivity index (χ0v) is 12.3. The van der Waals surface area contributed by atoms with Gasteiger partial charge in [-0.1, -0.05) is 26.0 Å². The van der Waals surface area contributed by atoms with Crippen molar-refractivity contribution in [2.75, 3.05) is 11.4 Å². The van der Waals surface area contributed by atoms with Gasteiger partial charge in [0, 0.05) is 5.92 Å². The minimum atomic E-state index is -0.337. The molecular weight excluding hydrogens is 238 g/mol. The second kappa shape index (κ2) is 5.24. The number of rotatable bonds is 3. The number of benzene rings is 1. The second-order valence-corrected chi connectivity index (χ2v) is 5.77. The summed E-state index contributed by atoms with van der Waals surface area (Å²) in [5.74, 6) is 1.12. The van der Waals surface area contributed by atoms with Crippen LogP contribution < -0.4 is 9.64 Å². The predicted molar refractivity (Wildman–Crippen MR) is 77.6 cm³/mol. The van der Waals surface area contributed by atoms with Crippen LogP contribution >= 0.6 is 0 Å². The third-order valence-electron chi connectivity index (χ3n) is 3.68. The van der Waals surface area contributed by atoms with E-state index in [9.17, 15) is 4.79 Å². The molecule has 1 aliphatic rings. The monoisotopic (exact) mass is 261 g/mol. The first-order chi connectivity index (χ1) is 8.98. The van der Waals surface area contributed by atoms with Crippen molar-refractivity contribution in [3.05, 3.63) is 24.3 Å². The number of nitrogens with zero attached hydrogens (tertiary/aromatic N) is 1. The molecule has 104 valence electrons. The Bertz CT molecular complexity index is 464. The third kappa shape index (κ3) is 2.75. The lowest BCUT2D eigenvalue weighted by Crippen LogP contribution is -2.50. The highest BCUT2D eigenvalue weighted by Crippen LogP contribution is 2.37. The second-order valence-electron chi connectivity index (χ2n) is 5.77. The van der Waals surface area contributed by atoms with E-state index in [1.807, 2.05) is 43.0 Å². The molecule has 1 aromatic rings. The number of fused-ring (bicyclic) bond motifs is 1. The fourth-order valence-electron chi connectivity index (χ4n) is 2.62. The number of hydrogen-bond donors (Lipinski definition) is 0. The van der Waals surface area contributed by atoms with Crippen molar-refractivity contribution in [3.63, 3.8) is 0 Å². The lowest BCUT2D eigenvalue weighted by Gasteiger charge is -2.40. The van der Waals surface area contributed by atoms with Crippen LogP contribution in [0.25, 0.3) is 0 Å². The molecule has 0 unspecified atom stereocenters. The van der Waals surface area contributed by atoms with Crippen LogP contribution in [-0.4, -0.2) is 18.1 Å². The topological polar surface area (TPSA) is 29.5 Å². The van der Waals surface area contributed by atoms with E-state index in [-0.39, 0.29) is 17.4 Å². The van der Waals surface area contributed by atoms with Gasteiger partial charge in [-0.25, -0.2) is 0 Å². The van der Waals surface area contributed by atoms with Gasteiger partial charge in [-0.05, 0) is 38.8 Å². The molecule has 19 heavy (non-hydrogen) atoms. The SMILES string of the molecule is CCC(CC)C(=O)N1CC(C)(C)Oc2ccccc21. The molecule has 0 atom stereocenters. The van der Waals surface area contributed by atoms with E-state index < -0.39 is 0 Å². The van der Waals surface area contributed by atoms with E-state index in [1.165, 1.54) is 0 Å². The van der Waals surface area contributed by atoms with Gasteiger partial charge in [-0.2, -0.15) is 0 Å². The molecule has 0 aromatic heterocycles. The van der Waals surface area contributed by atoms with E-state index in [1.54, 1.807) is 0 Å². The quantitative estimate of drug-likeness (QED) is 0.831. The molecule has 3 heteroatoms. The number of ether oxygens (including phenoxy) is 1. The average Bonchev–Trinajstić information content (AvgIpc) is 2.38. The van der Waals surface area contributed by atoms with E-state index >= 15 is 0 Å². The van der Waals surface area contributed by atoms with Crippen molar-refractivity contribution in [1.82, 2.24) is 0 Å². The molecule has 2 rings (SSSR count). The Morgan fingerprint density at radius 2 is 1.95 bits per heavy atom. The van der Waals surface area contributed by atoms with Crippen LogP contribution in [0.5, 0.6) is 5.75 Å². The van der Waals surface area contributed by atoms with Gasteiger partial charge >= 0.3 is 0 Å². The first-order valence-electron chi connectivity index (χ1n) is 7.08. The van der Waals surface area contributed by atoms with Crippen LogP contribution in [0.4, 0.5) is 5.69 Å². The number of hydrogen-bond acceptors (Lipinski definition) is 2. The molecule has 3 nitrogen and oxygen atoms in total. The molecule has 0 radical (unpaired) electrons. The molecule has 0 fully saturated rings. The Morgan fingerprint density at radius 3 is 2.58 bits per heavy atom. The van der Waals surface area contributed by atoms with Crippen molar-refractivity contribution in [2.45, 2.75) is 46.1 Å². The number of carbonyl (C=O) groups is 1. The Hall–Kier alpha value is -1.51. The summed E-state index contributed by atoms with van der Waals surface area (Å²) in [6.07, 6.45) is 1.77. The van der Waals surface area contributed by atoms with Crippen molar-refractivity contribution < 1.29 is 9.53 Å². The highest BCUT2D eigenvalue weighted by atomic mass is 16.5.